The van der Waals surface area contributed by atoms with Crippen LogP contribution in [-0.2, 0) is 21.0 Å². The summed E-state index contributed by atoms with van der Waals surface area (Å²) in [6, 6.07) is 24.9. The fraction of sp³-hybridized carbons (Fsp3) is 0.526. The van der Waals surface area contributed by atoms with Crippen molar-refractivity contribution in [2.45, 2.75) is 102 Å². The van der Waals surface area contributed by atoms with Crippen molar-refractivity contribution in [3.05, 3.63) is 83.9 Å². The van der Waals surface area contributed by atoms with Crippen LogP contribution in [0.2, 0.25) is 0 Å². The standard InChI is InChI=1S/C38H47N3O3/c1-27-35(36(39(2)44-27)29-16-6-3-7-17-29)37(43)41-34(42)25-38(31-20-8-4-9-21-31,32-22-10-5-11-23-32)40(41)26-30-19-14-18-28-15-12-13-24-33(28)30/h3,6-7,12-19,24,27,31-32,35-36H,4-5,8-11,20-23,25-26H2,1-2H3/t27-,35-,36-/m0/s1. The average Bonchev–Trinajstić information content (AvgIpc) is 3.54. The van der Waals surface area contributed by atoms with E-state index in [1.165, 1.54) is 54.9 Å². The van der Waals surface area contributed by atoms with Gasteiger partial charge in [0.15, 0.2) is 0 Å². The first kappa shape index (κ1) is 29.6. The molecule has 2 aliphatic heterocycles. The third kappa shape index (κ3) is 5.09. The topological polar surface area (TPSA) is 53.1 Å². The van der Waals surface area contributed by atoms with Crippen molar-refractivity contribution in [2.75, 3.05) is 7.05 Å². The van der Waals surface area contributed by atoms with Gasteiger partial charge in [0.25, 0.3) is 5.91 Å². The molecule has 0 radical (unpaired) electrons. The number of carbonyl (C=O) groups excluding carboxylic acids is 2. The molecule has 0 N–H and O–H groups in total. The highest BCUT2D eigenvalue weighted by molar-refractivity contribution is 5.98. The normalized spacial score (nSPS) is 27.4. The lowest BCUT2D eigenvalue weighted by Gasteiger charge is -2.52. The number of rotatable bonds is 6. The second-order valence-corrected chi connectivity index (χ2v) is 13.8. The monoisotopic (exact) mass is 593 g/mol. The summed E-state index contributed by atoms with van der Waals surface area (Å²) in [4.78, 5) is 35.9. The molecule has 2 amide bonds. The number of hydroxylamine groups is 2. The van der Waals surface area contributed by atoms with Crippen molar-refractivity contribution in [3.8, 4) is 0 Å². The average molecular weight is 594 g/mol. The molecule has 3 aromatic rings. The highest BCUT2D eigenvalue weighted by atomic mass is 16.7. The third-order valence-corrected chi connectivity index (χ3v) is 11.4. The largest absolute Gasteiger partial charge is 0.295 e. The van der Waals surface area contributed by atoms with Gasteiger partial charge in [0.1, 0.15) is 0 Å². The van der Waals surface area contributed by atoms with E-state index >= 15 is 4.79 Å². The summed E-state index contributed by atoms with van der Waals surface area (Å²) in [6.45, 7) is 2.53. The third-order valence-electron chi connectivity index (χ3n) is 11.4. The highest BCUT2D eigenvalue weighted by Gasteiger charge is 2.61. The molecule has 3 atom stereocenters. The predicted octanol–water partition coefficient (Wildman–Crippen LogP) is 7.84. The maximum Gasteiger partial charge on any atom is 0.251 e. The molecule has 2 heterocycles. The van der Waals surface area contributed by atoms with E-state index in [2.05, 4.69) is 59.6 Å². The number of hydrogen-bond acceptors (Lipinski definition) is 5. The van der Waals surface area contributed by atoms with Gasteiger partial charge in [-0.2, -0.15) is 10.1 Å². The van der Waals surface area contributed by atoms with Crippen LogP contribution in [0.3, 0.4) is 0 Å². The lowest BCUT2D eigenvalue weighted by Crippen LogP contribution is -2.60. The van der Waals surface area contributed by atoms with Gasteiger partial charge in [0, 0.05) is 20.0 Å². The first-order valence-electron chi connectivity index (χ1n) is 17.0. The number of amides is 2. The minimum Gasteiger partial charge on any atom is -0.295 e. The van der Waals surface area contributed by atoms with E-state index < -0.39 is 5.92 Å². The number of hydrazine groups is 1. The zero-order valence-electron chi connectivity index (χ0n) is 26.4. The second kappa shape index (κ2) is 12.4. The smallest absolute Gasteiger partial charge is 0.251 e. The molecule has 0 spiro atoms. The molecule has 44 heavy (non-hydrogen) atoms. The summed E-state index contributed by atoms with van der Waals surface area (Å²) in [5.41, 5.74) is 1.87. The Morgan fingerprint density at radius 1 is 0.818 bits per heavy atom. The van der Waals surface area contributed by atoms with Gasteiger partial charge in [0.2, 0.25) is 5.91 Å². The molecule has 0 aromatic heterocycles. The van der Waals surface area contributed by atoms with Crippen LogP contribution in [0.25, 0.3) is 10.8 Å². The van der Waals surface area contributed by atoms with Gasteiger partial charge in [0.05, 0.1) is 23.6 Å². The van der Waals surface area contributed by atoms with Gasteiger partial charge in [-0.3, -0.25) is 14.4 Å². The maximum absolute atomic E-state index is 15.1. The Morgan fingerprint density at radius 2 is 1.43 bits per heavy atom. The Bertz CT molecular complexity index is 1460. The van der Waals surface area contributed by atoms with Crippen LogP contribution in [0.1, 0.15) is 94.7 Å². The number of imide groups is 1. The van der Waals surface area contributed by atoms with Gasteiger partial charge in [-0.15, -0.1) is 0 Å². The van der Waals surface area contributed by atoms with Gasteiger partial charge in [-0.05, 0) is 66.3 Å². The Balaban J connectivity index is 1.36. The molecule has 0 unspecified atom stereocenters. The number of nitrogens with zero attached hydrogens (tertiary/aromatic N) is 3. The Labute approximate surface area is 262 Å². The molecule has 4 aliphatic rings. The molecule has 0 bridgehead atoms. The molecular weight excluding hydrogens is 546 g/mol. The van der Waals surface area contributed by atoms with Crippen LogP contribution < -0.4 is 0 Å². The minimum absolute atomic E-state index is 0.0278. The number of benzene rings is 3. The maximum atomic E-state index is 15.1. The van der Waals surface area contributed by atoms with Crippen molar-refractivity contribution in [2.24, 2.45) is 17.8 Å². The quantitative estimate of drug-likeness (QED) is 0.273. The number of carbonyl (C=O) groups is 2. The zero-order chi connectivity index (χ0) is 30.3. The van der Waals surface area contributed by atoms with E-state index in [4.69, 9.17) is 4.84 Å². The molecule has 6 nitrogen and oxygen atoms in total. The fourth-order valence-corrected chi connectivity index (χ4v) is 9.45. The van der Waals surface area contributed by atoms with Crippen molar-refractivity contribution in [1.29, 1.82) is 0 Å². The van der Waals surface area contributed by atoms with Gasteiger partial charge < -0.3 is 0 Å². The first-order valence-corrected chi connectivity index (χ1v) is 17.0. The van der Waals surface area contributed by atoms with E-state index in [0.29, 0.717) is 24.8 Å². The summed E-state index contributed by atoms with van der Waals surface area (Å²) >= 11 is 0. The molecule has 7 rings (SSSR count). The van der Waals surface area contributed by atoms with Crippen molar-refractivity contribution in [1.82, 2.24) is 15.1 Å². The molecule has 4 fully saturated rings. The van der Waals surface area contributed by atoms with Gasteiger partial charge >= 0.3 is 0 Å². The van der Waals surface area contributed by atoms with Crippen LogP contribution in [0.4, 0.5) is 0 Å². The molecule has 2 saturated carbocycles. The van der Waals surface area contributed by atoms with Crippen molar-refractivity contribution >= 4 is 22.6 Å². The summed E-state index contributed by atoms with van der Waals surface area (Å²) in [5.74, 6) is 0.172. The lowest BCUT2D eigenvalue weighted by molar-refractivity contribution is -0.175. The summed E-state index contributed by atoms with van der Waals surface area (Å²) in [5, 5.41) is 8.19. The molecule has 3 aromatic carbocycles. The molecule has 232 valence electrons. The van der Waals surface area contributed by atoms with Crippen molar-refractivity contribution in [3.63, 3.8) is 0 Å². The van der Waals surface area contributed by atoms with E-state index in [1.54, 1.807) is 5.01 Å². The summed E-state index contributed by atoms with van der Waals surface area (Å²) in [6.07, 6.45) is 12.0. The van der Waals surface area contributed by atoms with Crippen LogP contribution in [0.5, 0.6) is 0 Å². The zero-order valence-corrected chi connectivity index (χ0v) is 26.4. The summed E-state index contributed by atoms with van der Waals surface area (Å²) < 4.78 is 0. The minimum atomic E-state index is -0.491. The van der Waals surface area contributed by atoms with Crippen molar-refractivity contribution < 1.29 is 14.4 Å². The Kier molecular flexibility index (Phi) is 8.34. The van der Waals surface area contributed by atoms with E-state index in [-0.39, 0.29) is 29.5 Å². The van der Waals surface area contributed by atoms with Gasteiger partial charge in [-0.25, -0.2) is 5.01 Å². The SMILES string of the molecule is C[C@@H]1ON(C)[C@@H](c2ccccc2)[C@H]1C(=O)N1C(=O)CC(C2CCCCC2)(C2CCCCC2)N1Cc1cccc2ccccc12. The molecular formula is C38H47N3O3. The Morgan fingerprint density at radius 3 is 2.11 bits per heavy atom. The van der Waals surface area contributed by atoms with E-state index in [0.717, 1.165) is 31.2 Å². The highest BCUT2D eigenvalue weighted by Crippen LogP contribution is 2.53. The van der Waals surface area contributed by atoms with E-state index in [9.17, 15) is 4.79 Å². The van der Waals surface area contributed by atoms with Crippen LogP contribution in [-0.4, -0.2) is 45.6 Å². The van der Waals surface area contributed by atoms with Crippen LogP contribution >= 0.6 is 0 Å². The number of fused-ring (bicyclic) bond motifs is 1. The molecule has 6 heteroatoms. The molecule has 2 saturated heterocycles. The first-order chi connectivity index (χ1) is 21.5. The molecule has 2 aliphatic carbocycles. The second-order valence-electron chi connectivity index (χ2n) is 13.8. The summed E-state index contributed by atoms with van der Waals surface area (Å²) in [7, 11) is 1.91. The Hall–Kier alpha value is -3.06. The fourth-order valence-electron chi connectivity index (χ4n) is 9.45. The number of hydrogen-bond donors (Lipinski definition) is 0. The van der Waals surface area contributed by atoms with Crippen LogP contribution in [0, 0.1) is 17.8 Å². The van der Waals surface area contributed by atoms with Crippen LogP contribution in [0.15, 0.2) is 72.8 Å². The lowest BCUT2D eigenvalue weighted by atomic mass is 9.62. The predicted molar refractivity (Wildman–Crippen MR) is 173 cm³/mol. The van der Waals surface area contributed by atoms with Gasteiger partial charge in [-0.1, -0.05) is 111 Å². The van der Waals surface area contributed by atoms with E-state index in [1.807, 2.05) is 37.2 Å².